The van der Waals surface area contributed by atoms with Gasteiger partial charge in [0.25, 0.3) is 0 Å². The van der Waals surface area contributed by atoms with Crippen molar-refractivity contribution in [2.45, 2.75) is 37.3 Å². The zero-order valence-electron chi connectivity index (χ0n) is 13.2. The zero-order chi connectivity index (χ0) is 15.5. The van der Waals surface area contributed by atoms with Crippen molar-refractivity contribution in [3.8, 4) is 0 Å². The summed E-state index contributed by atoms with van der Waals surface area (Å²) in [4.78, 5) is 16.0. The van der Waals surface area contributed by atoms with Gasteiger partial charge in [-0.15, -0.1) is 11.8 Å². The van der Waals surface area contributed by atoms with Crippen LogP contribution >= 0.6 is 11.8 Å². The van der Waals surface area contributed by atoms with Gasteiger partial charge >= 0.3 is 0 Å². The van der Waals surface area contributed by atoms with Crippen LogP contribution in [0.15, 0.2) is 35.2 Å². The molecule has 1 aliphatic heterocycles. The molecule has 0 bridgehead atoms. The summed E-state index contributed by atoms with van der Waals surface area (Å²) in [5.41, 5.74) is 5.94. The number of carbonyl (C=O) groups excluding carboxylic acids is 1. The Labute approximate surface area is 132 Å². The second kappa shape index (κ2) is 6.84. The highest BCUT2D eigenvalue weighted by Gasteiger charge is 2.38. The molecule has 1 amide bonds. The lowest BCUT2D eigenvalue weighted by molar-refractivity contribution is -0.130. The molecular formula is C17H26N2OS. The summed E-state index contributed by atoms with van der Waals surface area (Å²) in [5.74, 6) is 0.573. The van der Waals surface area contributed by atoms with Crippen molar-refractivity contribution in [3.05, 3.63) is 30.3 Å². The number of likely N-dealkylation sites (tertiary alicyclic amines) is 1. The second-order valence-electron chi connectivity index (χ2n) is 6.62. The number of benzene rings is 1. The van der Waals surface area contributed by atoms with Crippen LogP contribution in [0.3, 0.4) is 0 Å². The van der Waals surface area contributed by atoms with Crippen LogP contribution in [0.2, 0.25) is 0 Å². The number of nitrogens with two attached hydrogens (primary N) is 1. The molecule has 116 valence electrons. The monoisotopic (exact) mass is 306 g/mol. The minimum Gasteiger partial charge on any atom is -0.341 e. The van der Waals surface area contributed by atoms with E-state index in [0.717, 1.165) is 24.4 Å². The molecule has 0 aliphatic carbocycles. The Balaban J connectivity index is 2.07. The molecule has 1 aromatic rings. The predicted octanol–water partition coefficient (Wildman–Crippen LogP) is 3.00. The minimum atomic E-state index is -0.0208. The molecule has 0 aromatic heterocycles. The number of hydrogen-bond acceptors (Lipinski definition) is 3. The fourth-order valence-corrected chi connectivity index (χ4v) is 3.81. The number of hydrogen-bond donors (Lipinski definition) is 1. The van der Waals surface area contributed by atoms with Crippen LogP contribution in [0.25, 0.3) is 0 Å². The number of rotatable bonds is 5. The van der Waals surface area contributed by atoms with E-state index in [-0.39, 0.29) is 16.6 Å². The number of nitrogens with zero attached hydrogens (tertiary/aromatic N) is 1. The van der Waals surface area contributed by atoms with E-state index >= 15 is 0 Å². The molecule has 1 heterocycles. The minimum absolute atomic E-state index is 0.0208. The van der Waals surface area contributed by atoms with E-state index in [1.54, 1.807) is 11.8 Å². The van der Waals surface area contributed by atoms with Crippen LogP contribution in [-0.2, 0) is 4.79 Å². The maximum Gasteiger partial charge on any atom is 0.236 e. The molecule has 3 nitrogen and oxygen atoms in total. The Morgan fingerprint density at radius 2 is 2.05 bits per heavy atom. The van der Waals surface area contributed by atoms with E-state index in [1.165, 1.54) is 0 Å². The third-order valence-corrected chi connectivity index (χ3v) is 5.76. The van der Waals surface area contributed by atoms with Crippen molar-refractivity contribution in [1.29, 1.82) is 0 Å². The summed E-state index contributed by atoms with van der Waals surface area (Å²) < 4.78 is 0. The van der Waals surface area contributed by atoms with Gasteiger partial charge in [0.1, 0.15) is 0 Å². The molecule has 0 radical (unpaired) electrons. The number of amides is 1. The third-order valence-electron chi connectivity index (χ3n) is 4.22. The van der Waals surface area contributed by atoms with Crippen LogP contribution < -0.4 is 5.73 Å². The van der Waals surface area contributed by atoms with E-state index in [1.807, 2.05) is 23.1 Å². The normalized spacial score (nSPS) is 23.6. The molecular weight excluding hydrogens is 280 g/mol. The average molecular weight is 306 g/mol. The lowest BCUT2D eigenvalue weighted by Gasteiger charge is -2.27. The lowest BCUT2D eigenvalue weighted by atomic mass is 9.90. The first-order chi connectivity index (χ1) is 9.95. The molecule has 1 fully saturated rings. The number of thioether (sulfide) groups is 1. The zero-order valence-corrected chi connectivity index (χ0v) is 14.0. The molecule has 1 saturated heterocycles. The van der Waals surface area contributed by atoms with Crippen LogP contribution in [0.5, 0.6) is 0 Å². The molecule has 4 heteroatoms. The largest absolute Gasteiger partial charge is 0.341 e. The maximum atomic E-state index is 12.9. The highest BCUT2D eigenvalue weighted by Crippen LogP contribution is 2.34. The Hall–Kier alpha value is -1.00. The summed E-state index contributed by atoms with van der Waals surface area (Å²) >= 11 is 1.68. The Morgan fingerprint density at radius 1 is 1.38 bits per heavy atom. The van der Waals surface area contributed by atoms with Gasteiger partial charge in [-0.1, -0.05) is 39.0 Å². The fourth-order valence-electron chi connectivity index (χ4n) is 2.68. The highest BCUT2D eigenvalue weighted by atomic mass is 32.2. The van der Waals surface area contributed by atoms with Crippen molar-refractivity contribution in [2.75, 3.05) is 19.6 Å². The first kappa shape index (κ1) is 16.4. The molecule has 0 saturated carbocycles. The van der Waals surface area contributed by atoms with Crippen LogP contribution in [0, 0.1) is 11.3 Å². The van der Waals surface area contributed by atoms with E-state index < -0.39 is 0 Å². The summed E-state index contributed by atoms with van der Waals surface area (Å²) in [7, 11) is 0. The summed E-state index contributed by atoms with van der Waals surface area (Å²) in [6.45, 7) is 8.70. The molecule has 1 aromatic carbocycles. The van der Waals surface area contributed by atoms with E-state index in [2.05, 4.69) is 32.9 Å². The SMILES string of the molecule is CC(C)C(Sc1ccccc1)C(=O)N1CCC(C)(CN)C1. The maximum absolute atomic E-state index is 12.9. The van der Waals surface area contributed by atoms with E-state index in [9.17, 15) is 4.79 Å². The first-order valence-corrected chi connectivity index (χ1v) is 8.54. The van der Waals surface area contributed by atoms with Gasteiger partial charge in [-0.3, -0.25) is 4.79 Å². The van der Waals surface area contributed by atoms with Crippen molar-refractivity contribution in [1.82, 2.24) is 4.90 Å². The van der Waals surface area contributed by atoms with Gasteiger partial charge < -0.3 is 10.6 Å². The number of carbonyl (C=O) groups is 1. The van der Waals surface area contributed by atoms with Crippen LogP contribution in [0.1, 0.15) is 27.2 Å². The van der Waals surface area contributed by atoms with Crippen molar-refractivity contribution in [3.63, 3.8) is 0 Å². The standard InChI is InChI=1S/C17H26N2OS/c1-13(2)15(21-14-7-5-4-6-8-14)16(20)19-10-9-17(3,11-18)12-19/h4-8,13,15H,9-12,18H2,1-3H3. The molecule has 2 N–H and O–H groups in total. The van der Waals surface area contributed by atoms with Crippen molar-refractivity contribution in [2.24, 2.45) is 17.1 Å². The Morgan fingerprint density at radius 3 is 2.57 bits per heavy atom. The molecule has 2 rings (SSSR count). The average Bonchev–Trinajstić information content (AvgIpc) is 2.88. The van der Waals surface area contributed by atoms with Crippen molar-refractivity contribution >= 4 is 17.7 Å². The molecule has 0 spiro atoms. The Bertz CT molecular complexity index is 477. The highest BCUT2D eigenvalue weighted by molar-refractivity contribution is 8.00. The second-order valence-corrected chi connectivity index (χ2v) is 7.84. The van der Waals surface area contributed by atoms with Gasteiger partial charge in [0, 0.05) is 18.0 Å². The smallest absolute Gasteiger partial charge is 0.236 e. The van der Waals surface area contributed by atoms with Crippen LogP contribution in [-0.4, -0.2) is 35.7 Å². The summed E-state index contributed by atoms with van der Waals surface area (Å²) in [5, 5.41) is -0.0208. The Kier molecular flexibility index (Phi) is 5.33. The fraction of sp³-hybridized carbons (Fsp3) is 0.588. The third kappa shape index (κ3) is 4.01. The quantitative estimate of drug-likeness (QED) is 0.851. The van der Waals surface area contributed by atoms with Gasteiger partial charge in [-0.25, -0.2) is 0 Å². The first-order valence-electron chi connectivity index (χ1n) is 7.66. The van der Waals surface area contributed by atoms with Gasteiger partial charge in [0.2, 0.25) is 5.91 Å². The van der Waals surface area contributed by atoms with E-state index in [0.29, 0.717) is 12.5 Å². The topological polar surface area (TPSA) is 46.3 Å². The lowest BCUT2D eigenvalue weighted by Crippen LogP contribution is -2.40. The predicted molar refractivity (Wildman–Crippen MR) is 89.3 cm³/mol. The summed E-state index contributed by atoms with van der Waals surface area (Å²) in [6.07, 6.45) is 1.01. The van der Waals surface area contributed by atoms with Gasteiger partial charge in [0.15, 0.2) is 0 Å². The summed E-state index contributed by atoms with van der Waals surface area (Å²) in [6, 6.07) is 10.2. The molecule has 2 atom stereocenters. The molecule has 1 aliphatic rings. The van der Waals surface area contributed by atoms with Crippen LogP contribution in [0.4, 0.5) is 0 Å². The van der Waals surface area contributed by atoms with Gasteiger partial charge in [-0.2, -0.15) is 0 Å². The van der Waals surface area contributed by atoms with Gasteiger partial charge in [0.05, 0.1) is 5.25 Å². The van der Waals surface area contributed by atoms with Gasteiger partial charge in [-0.05, 0) is 36.4 Å². The van der Waals surface area contributed by atoms with Crippen molar-refractivity contribution < 1.29 is 4.79 Å². The molecule has 2 unspecified atom stereocenters. The van der Waals surface area contributed by atoms with E-state index in [4.69, 9.17) is 5.73 Å². The molecule has 21 heavy (non-hydrogen) atoms.